The third kappa shape index (κ3) is 11.3. The molecule has 9 nitrogen and oxygen atoms in total. The Balaban J connectivity index is 2.65. The number of amides is 1. The van der Waals surface area contributed by atoms with Crippen LogP contribution >= 0.6 is 0 Å². The molecule has 0 bridgehead atoms. The Bertz CT molecular complexity index is 803. The predicted octanol–water partition coefficient (Wildman–Crippen LogP) is 1.51. The second kappa shape index (κ2) is 15.2. The van der Waals surface area contributed by atoms with Crippen LogP contribution in [0.15, 0.2) is 24.3 Å². The SMILES string of the molecule is CCCS(=O)(=O)NC[C@H](O)[C@@H](N)C[C@H](CNC(=O)c1ccccc1OCCCOC)C(C)C. The van der Waals surface area contributed by atoms with Gasteiger partial charge in [0.25, 0.3) is 5.91 Å². The van der Waals surface area contributed by atoms with Crippen LogP contribution in [-0.2, 0) is 14.8 Å². The highest BCUT2D eigenvalue weighted by Gasteiger charge is 2.24. The molecule has 0 spiro atoms. The third-order valence-corrected chi connectivity index (χ3v) is 6.96. The van der Waals surface area contributed by atoms with Gasteiger partial charge in [-0.3, -0.25) is 4.79 Å². The lowest BCUT2D eigenvalue weighted by molar-refractivity contribution is 0.0928. The monoisotopic (exact) mass is 487 g/mol. The number of aliphatic hydroxyl groups excluding tert-OH is 1. The first kappa shape index (κ1) is 29.3. The molecule has 1 rings (SSSR count). The van der Waals surface area contributed by atoms with Gasteiger partial charge in [0.2, 0.25) is 10.0 Å². The molecule has 1 amide bonds. The fourth-order valence-electron chi connectivity index (χ4n) is 3.29. The summed E-state index contributed by atoms with van der Waals surface area (Å²) in [6, 6.07) is 6.43. The van der Waals surface area contributed by atoms with Crippen molar-refractivity contribution in [1.82, 2.24) is 10.0 Å². The van der Waals surface area contributed by atoms with E-state index in [4.69, 9.17) is 15.2 Å². The Morgan fingerprint density at radius 3 is 2.52 bits per heavy atom. The summed E-state index contributed by atoms with van der Waals surface area (Å²) in [5.74, 6) is 0.470. The molecule has 5 N–H and O–H groups in total. The lowest BCUT2D eigenvalue weighted by Gasteiger charge is -2.27. The van der Waals surface area contributed by atoms with Gasteiger partial charge < -0.3 is 25.6 Å². The molecule has 1 aromatic rings. The minimum Gasteiger partial charge on any atom is -0.493 e. The Hall–Kier alpha value is -1.72. The van der Waals surface area contributed by atoms with Gasteiger partial charge >= 0.3 is 0 Å². The molecule has 0 aliphatic rings. The van der Waals surface area contributed by atoms with Crippen LogP contribution in [0.1, 0.15) is 50.4 Å². The number of carbonyl (C=O) groups excluding carboxylic acids is 1. The van der Waals surface area contributed by atoms with Crippen molar-refractivity contribution in [1.29, 1.82) is 0 Å². The van der Waals surface area contributed by atoms with Crippen LogP contribution in [0.4, 0.5) is 0 Å². The number of para-hydroxylation sites is 1. The minimum absolute atomic E-state index is 0.000586. The zero-order valence-corrected chi connectivity index (χ0v) is 21.1. The Morgan fingerprint density at radius 1 is 1.18 bits per heavy atom. The number of ether oxygens (including phenoxy) is 2. The third-order valence-electron chi connectivity index (χ3n) is 5.40. The maximum absolute atomic E-state index is 12.8. The first-order chi connectivity index (χ1) is 15.6. The van der Waals surface area contributed by atoms with Gasteiger partial charge in [0.15, 0.2) is 0 Å². The highest BCUT2D eigenvalue weighted by molar-refractivity contribution is 7.89. The molecular formula is C23H41N3O6S. The number of carbonyl (C=O) groups is 1. The largest absolute Gasteiger partial charge is 0.493 e. The highest BCUT2D eigenvalue weighted by Crippen LogP contribution is 2.20. The summed E-state index contributed by atoms with van der Waals surface area (Å²) in [6.07, 6.45) is 0.629. The number of sulfonamides is 1. The van der Waals surface area contributed by atoms with Crippen molar-refractivity contribution in [3.63, 3.8) is 0 Å². The summed E-state index contributed by atoms with van der Waals surface area (Å²) in [6.45, 7) is 7.08. The topological polar surface area (TPSA) is 140 Å². The van der Waals surface area contributed by atoms with Gasteiger partial charge in [-0.15, -0.1) is 0 Å². The van der Waals surface area contributed by atoms with Gasteiger partial charge in [0.1, 0.15) is 5.75 Å². The number of benzene rings is 1. The number of hydrogen-bond donors (Lipinski definition) is 4. The van der Waals surface area contributed by atoms with Crippen molar-refractivity contribution in [2.45, 2.75) is 52.2 Å². The van der Waals surface area contributed by atoms with E-state index in [-0.39, 0.29) is 30.0 Å². The van der Waals surface area contributed by atoms with Crippen molar-refractivity contribution in [2.24, 2.45) is 17.6 Å². The number of nitrogens with two attached hydrogens (primary N) is 1. The first-order valence-corrected chi connectivity index (χ1v) is 13.2. The van der Waals surface area contributed by atoms with Crippen molar-refractivity contribution >= 4 is 15.9 Å². The van der Waals surface area contributed by atoms with Gasteiger partial charge in [-0.25, -0.2) is 13.1 Å². The molecule has 0 fully saturated rings. The molecule has 0 aliphatic carbocycles. The molecule has 190 valence electrons. The smallest absolute Gasteiger partial charge is 0.255 e. The number of methoxy groups -OCH3 is 1. The molecule has 3 atom stereocenters. The Kier molecular flexibility index (Phi) is 13.5. The summed E-state index contributed by atoms with van der Waals surface area (Å²) < 4.78 is 36.7. The zero-order valence-electron chi connectivity index (χ0n) is 20.2. The molecule has 0 aliphatic heterocycles. The van der Waals surface area contributed by atoms with E-state index in [1.165, 1.54) is 0 Å². The van der Waals surface area contributed by atoms with Gasteiger partial charge in [0.05, 0.1) is 24.0 Å². The van der Waals surface area contributed by atoms with E-state index >= 15 is 0 Å². The maximum Gasteiger partial charge on any atom is 0.255 e. The van der Waals surface area contributed by atoms with Crippen LogP contribution < -0.4 is 20.5 Å². The summed E-state index contributed by atoms with van der Waals surface area (Å²) in [5, 5.41) is 13.3. The predicted molar refractivity (Wildman–Crippen MR) is 130 cm³/mol. The Labute approximate surface area is 198 Å². The number of aliphatic hydroxyl groups is 1. The molecule has 0 unspecified atom stereocenters. The summed E-state index contributed by atoms with van der Waals surface area (Å²) in [7, 11) is -1.79. The van der Waals surface area contributed by atoms with E-state index in [1.54, 1.807) is 32.2 Å². The number of rotatable bonds is 17. The lowest BCUT2D eigenvalue weighted by Crippen LogP contribution is -2.46. The molecule has 1 aromatic carbocycles. The average Bonchev–Trinajstić information content (AvgIpc) is 2.77. The summed E-state index contributed by atoms with van der Waals surface area (Å²) in [4.78, 5) is 12.8. The van der Waals surface area contributed by atoms with Crippen molar-refractivity contribution in [2.75, 3.05) is 39.2 Å². The van der Waals surface area contributed by atoms with Crippen LogP contribution in [0.3, 0.4) is 0 Å². The average molecular weight is 488 g/mol. The van der Waals surface area contributed by atoms with E-state index in [1.807, 2.05) is 19.9 Å². The van der Waals surface area contributed by atoms with E-state index in [9.17, 15) is 18.3 Å². The standard InChI is InChI=1S/C23H41N3O6S/c1-5-13-33(29,30)26-16-21(27)20(24)14-18(17(2)3)15-25-23(28)19-9-6-7-10-22(19)32-12-8-11-31-4/h6-7,9-10,17-18,20-21,26-27H,5,8,11-16,24H2,1-4H3,(H,25,28)/t18-,20+,21+/m1/s1. The lowest BCUT2D eigenvalue weighted by atomic mass is 9.87. The van der Waals surface area contributed by atoms with Gasteiger partial charge in [-0.05, 0) is 36.8 Å². The van der Waals surface area contributed by atoms with Crippen LogP contribution in [0.25, 0.3) is 0 Å². The van der Waals surface area contributed by atoms with Crippen LogP contribution in [0, 0.1) is 11.8 Å². The van der Waals surface area contributed by atoms with E-state index in [0.29, 0.717) is 43.9 Å². The normalized spacial score (nSPS) is 14.6. The van der Waals surface area contributed by atoms with Crippen molar-refractivity contribution < 1.29 is 27.8 Å². The van der Waals surface area contributed by atoms with E-state index in [0.717, 1.165) is 6.42 Å². The molecule has 0 aromatic heterocycles. The zero-order chi connectivity index (χ0) is 24.9. The van der Waals surface area contributed by atoms with Gasteiger partial charge in [-0.1, -0.05) is 32.9 Å². The molecule has 0 saturated carbocycles. The van der Waals surface area contributed by atoms with E-state index in [2.05, 4.69) is 10.0 Å². The van der Waals surface area contributed by atoms with Crippen LogP contribution in [0.5, 0.6) is 5.75 Å². The highest BCUT2D eigenvalue weighted by atomic mass is 32.2. The Morgan fingerprint density at radius 2 is 1.88 bits per heavy atom. The number of nitrogens with one attached hydrogen (secondary N) is 2. The fourth-order valence-corrected chi connectivity index (χ4v) is 4.39. The molecular weight excluding hydrogens is 446 g/mol. The molecule has 33 heavy (non-hydrogen) atoms. The fraction of sp³-hybridized carbons (Fsp3) is 0.696. The minimum atomic E-state index is -3.41. The second-order valence-corrected chi connectivity index (χ2v) is 10.5. The molecule has 0 saturated heterocycles. The van der Waals surface area contributed by atoms with Crippen molar-refractivity contribution in [3.8, 4) is 5.75 Å². The van der Waals surface area contributed by atoms with Crippen LogP contribution in [-0.4, -0.2) is 70.7 Å². The second-order valence-electron chi connectivity index (χ2n) is 8.54. The van der Waals surface area contributed by atoms with E-state index < -0.39 is 22.2 Å². The molecule has 0 radical (unpaired) electrons. The molecule has 10 heteroatoms. The van der Waals surface area contributed by atoms with Crippen molar-refractivity contribution in [3.05, 3.63) is 29.8 Å². The van der Waals surface area contributed by atoms with Gasteiger partial charge in [0, 0.05) is 39.3 Å². The first-order valence-electron chi connectivity index (χ1n) is 11.5. The van der Waals surface area contributed by atoms with Crippen LogP contribution in [0.2, 0.25) is 0 Å². The maximum atomic E-state index is 12.8. The number of hydrogen-bond acceptors (Lipinski definition) is 7. The molecule has 0 heterocycles. The quantitative estimate of drug-likeness (QED) is 0.244. The summed E-state index contributed by atoms with van der Waals surface area (Å²) >= 11 is 0. The summed E-state index contributed by atoms with van der Waals surface area (Å²) in [5.41, 5.74) is 6.60. The van der Waals surface area contributed by atoms with Gasteiger partial charge in [-0.2, -0.15) is 0 Å².